The number of carbonyl (C=O) groups excluding carboxylic acids is 1. The van der Waals surface area contributed by atoms with Crippen LogP contribution in [0.4, 0.5) is 13.2 Å². The summed E-state index contributed by atoms with van der Waals surface area (Å²) in [7, 11) is 0. The fraction of sp³-hybridized carbons (Fsp3) is 0.375. The smallest absolute Gasteiger partial charge is 0.223 e. The van der Waals surface area contributed by atoms with Crippen LogP contribution >= 0.6 is 0 Å². The van der Waals surface area contributed by atoms with Crippen LogP contribution in [0, 0.1) is 23.4 Å². The molecule has 2 aliphatic rings. The second kappa shape index (κ2) is 7.71. The molecular formula is C24H23F3N2O2. The van der Waals surface area contributed by atoms with Crippen molar-refractivity contribution in [1.29, 1.82) is 0 Å². The summed E-state index contributed by atoms with van der Waals surface area (Å²) in [6, 6.07) is 8.02. The molecule has 162 valence electrons. The Balaban J connectivity index is 1.43. The zero-order valence-corrected chi connectivity index (χ0v) is 16.8. The number of aliphatic hydroxyl groups is 1. The molecule has 31 heavy (non-hydrogen) atoms. The molecule has 1 heterocycles. The van der Waals surface area contributed by atoms with Gasteiger partial charge in [0.2, 0.25) is 5.91 Å². The van der Waals surface area contributed by atoms with Gasteiger partial charge in [0.05, 0.1) is 17.3 Å². The maximum absolute atomic E-state index is 14.5. The molecule has 4 nitrogen and oxygen atoms in total. The molecule has 3 N–H and O–H groups in total. The van der Waals surface area contributed by atoms with E-state index >= 15 is 0 Å². The van der Waals surface area contributed by atoms with Crippen molar-refractivity contribution in [3.8, 4) is 11.3 Å². The van der Waals surface area contributed by atoms with Crippen LogP contribution in [0.2, 0.25) is 0 Å². The van der Waals surface area contributed by atoms with Crippen molar-refractivity contribution in [2.45, 2.75) is 50.2 Å². The Labute approximate surface area is 177 Å². The molecule has 2 atom stereocenters. The second-order valence-electron chi connectivity index (χ2n) is 8.77. The van der Waals surface area contributed by atoms with Gasteiger partial charge in [0.25, 0.3) is 0 Å². The Morgan fingerprint density at radius 3 is 2.42 bits per heavy atom. The van der Waals surface area contributed by atoms with Crippen LogP contribution < -0.4 is 5.32 Å². The topological polar surface area (TPSA) is 65.1 Å². The third kappa shape index (κ3) is 3.71. The summed E-state index contributed by atoms with van der Waals surface area (Å²) in [6.07, 6.45) is 2.84. The first kappa shape index (κ1) is 20.1. The molecule has 7 heteroatoms. The number of hydrogen-bond acceptors (Lipinski definition) is 2. The molecule has 3 aromatic rings. The molecule has 2 fully saturated rings. The first-order valence-electron chi connectivity index (χ1n) is 10.6. The third-order valence-corrected chi connectivity index (χ3v) is 6.67. The van der Waals surface area contributed by atoms with E-state index in [0.717, 1.165) is 18.1 Å². The summed E-state index contributed by atoms with van der Waals surface area (Å²) >= 11 is 0. The van der Waals surface area contributed by atoms with Gasteiger partial charge in [-0.1, -0.05) is 0 Å². The average molecular weight is 428 g/mol. The van der Waals surface area contributed by atoms with Crippen molar-refractivity contribution in [1.82, 2.24) is 10.3 Å². The molecule has 5 rings (SSSR count). The number of fused-ring (bicyclic) bond motifs is 1. The van der Waals surface area contributed by atoms with E-state index in [1.54, 1.807) is 12.1 Å². The molecule has 2 aromatic carbocycles. The highest BCUT2D eigenvalue weighted by Gasteiger charge is 2.39. The van der Waals surface area contributed by atoms with Crippen LogP contribution in [-0.2, 0) is 4.79 Å². The predicted molar refractivity (Wildman–Crippen MR) is 111 cm³/mol. The van der Waals surface area contributed by atoms with E-state index in [1.165, 1.54) is 18.2 Å². The number of halogens is 3. The number of aliphatic hydroxyl groups excluding tert-OH is 1. The van der Waals surface area contributed by atoms with Gasteiger partial charge in [-0.3, -0.25) is 4.79 Å². The molecule has 0 aliphatic heterocycles. The maximum Gasteiger partial charge on any atom is 0.223 e. The Kier molecular flexibility index (Phi) is 5.01. The monoisotopic (exact) mass is 428 g/mol. The lowest BCUT2D eigenvalue weighted by Gasteiger charge is -2.35. The minimum Gasteiger partial charge on any atom is -0.393 e. The van der Waals surface area contributed by atoms with E-state index in [2.05, 4.69) is 10.3 Å². The van der Waals surface area contributed by atoms with Crippen LogP contribution in [0.5, 0.6) is 0 Å². The molecule has 0 spiro atoms. The van der Waals surface area contributed by atoms with E-state index < -0.39 is 11.6 Å². The highest BCUT2D eigenvalue weighted by Crippen LogP contribution is 2.48. The number of H-pyrrole nitrogens is 1. The van der Waals surface area contributed by atoms with Gasteiger partial charge < -0.3 is 15.4 Å². The predicted octanol–water partition coefficient (Wildman–Crippen LogP) is 4.78. The van der Waals surface area contributed by atoms with Gasteiger partial charge in [0, 0.05) is 23.4 Å². The fourth-order valence-electron chi connectivity index (χ4n) is 4.98. The van der Waals surface area contributed by atoms with E-state index in [-0.39, 0.29) is 41.2 Å². The molecule has 1 amide bonds. The minimum atomic E-state index is -0.682. The summed E-state index contributed by atoms with van der Waals surface area (Å²) in [5.41, 5.74) is 2.28. The number of hydrogen-bond donors (Lipinski definition) is 3. The van der Waals surface area contributed by atoms with Crippen molar-refractivity contribution in [3.63, 3.8) is 0 Å². The highest BCUT2D eigenvalue weighted by atomic mass is 19.1. The number of benzene rings is 2. The van der Waals surface area contributed by atoms with E-state index in [0.29, 0.717) is 42.3 Å². The molecule has 0 radical (unpaired) electrons. The molecular weight excluding hydrogens is 405 g/mol. The Morgan fingerprint density at radius 1 is 1.00 bits per heavy atom. The molecule has 0 bridgehead atoms. The number of aromatic amines is 1. The number of amides is 1. The Bertz CT molecular complexity index is 1140. The summed E-state index contributed by atoms with van der Waals surface area (Å²) < 4.78 is 41.9. The molecule has 0 saturated heterocycles. The SMILES string of the molecule is O=C(N[C@@H]1CC[C@H](O)C1)C1CC(c2c(-c3ccc(F)cc3)[nH]c3c(F)cc(F)cc23)C1. The van der Waals surface area contributed by atoms with Gasteiger partial charge in [0.1, 0.15) is 17.5 Å². The molecule has 1 aromatic heterocycles. The zero-order valence-electron chi connectivity index (χ0n) is 16.8. The average Bonchev–Trinajstić information content (AvgIpc) is 3.25. The molecule has 0 unspecified atom stereocenters. The van der Waals surface area contributed by atoms with Crippen molar-refractivity contribution < 1.29 is 23.1 Å². The van der Waals surface area contributed by atoms with Crippen molar-refractivity contribution >= 4 is 16.8 Å². The van der Waals surface area contributed by atoms with E-state index in [9.17, 15) is 23.1 Å². The summed E-state index contributed by atoms with van der Waals surface area (Å²) in [5, 5.41) is 13.1. The van der Waals surface area contributed by atoms with Crippen molar-refractivity contribution in [3.05, 3.63) is 59.4 Å². The van der Waals surface area contributed by atoms with Crippen LogP contribution in [0.1, 0.15) is 43.6 Å². The lowest BCUT2D eigenvalue weighted by Crippen LogP contribution is -2.42. The van der Waals surface area contributed by atoms with E-state index in [4.69, 9.17) is 0 Å². The number of carbonyl (C=O) groups is 1. The van der Waals surface area contributed by atoms with Crippen LogP contribution in [0.25, 0.3) is 22.2 Å². The van der Waals surface area contributed by atoms with Gasteiger partial charge in [0.15, 0.2) is 0 Å². The van der Waals surface area contributed by atoms with E-state index in [1.807, 2.05) is 0 Å². The van der Waals surface area contributed by atoms with Gasteiger partial charge in [-0.25, -0.2) is 13.2 Å². The third-order valence-electron chi connectivity index (χ3n) is 6.67. The second-order valence-corrected chi connectivity index (χ2v) is 8.77. The molecule has 2 aliphatic carbocycles. The van der Waals surface area contributed by atoms with Gasteiger partial charge in [-0.05, 0) is 79.5 Å². The van der Waals surface area contributed by atoms with Crippen LogP contribution in [-0.4, -0.2) is 28.1 Å². The summed E-state index contributed by atoms with van der Waals surface area (Å²) in [6.45, 7) is 0. The summed E-state index contributed by atoms with van der Waals surface area (Å²) in [4.78, 5) is 15.7. The maximum atomic E-state index is 14.5. The zero-order chi connectivity index (χ0) is 21.7. The quantitative estimate of drug-likeness (QED) is 0.560. The van der Waals surface area contributed by atoms with Crippen LogP contribution in [0.15, 0.2) is 36.4 Å². The van der Waals surface area contributed by atoms with Crippen molar-refractivity contribution in [2.75, 3.05) is 0 Å². The first-order chi connectivity index (χ1) is 14.9. The highest BCUT2D eigenvalue weighted by molar-refractivity contribution is 5.92. The normalized spacial score (nSPS) is 25.5. The lowest BCUT2D eigenvalue weighted by molar-refractivity contribution is -0.128. The van der Waals surface area contributed by atoms with Gasteiger partial charge in [-0.15, -0.1) is 0 Å². The van der Waals surface area contributed by atoms with Crippen molar-refractivity contribution in [2.24, 2.45) is 5.92 Å². The standard InChI is InChI=1S/C24H23F3N2O2/c25-15-3-1-12(2-4-15)22-21(19-9-16(26)10-20(27)23(19)29-22)13-7-14(8-13)24(31)28-17-5-6-18(30)11-17/h1-4,9-10,13-14,17-18,29-30H,5-8,11H2,(H,28,31)/t13?,14?,17-,18+/m1/s1. The Morgan fingerprint density at radius 2 is 1.74 bits per heavy atom. The fourth-order valence-corrected chi connectivity index (χ4v) is 4.98. The van der Waals surface area contributed by atoms with Gasteiger partial charge in [-0.2, -0.15) is 0 Å². The number of aromatic nitrogens is 1. The largest absolute Gasteiger partial charge is 0.393 e. The minimum absolute atomic E-state index is 0.00704. The number of nitrogens with one attached hydrogen (secondary N) is 2. The van der Waals surface area contributed by atoms with Crippen LogP contribution in [0.3, 0.4) is 0 Å². The first-order valence-corrected chi connectivity index (χ1v) is 10.6. The Hall–Kier alpha value is -2.80. The summed E-state index contributed by atoms with van der Waals surface area (Å²) in [5.74, 6) is -1.97. The number of rotatable bonds is 4. The van der Waals surface area contributed by atoms with Gasteiger partial charge >= 0.3 is 0 Å². The lowest BCUT2D eigenvalue weighted by atomic mass is 9.69. The molecule has 2 saturated carbocycles.